The zero-order chi connectivity index (χ0) is 16.9. The number of hydrogen-bond acceptors (Lipinski definition) is 3. The van der Waals surface area contributed by atoms with Crippen molar-refractivity contribution in [2.45, 2.75) is 6.92 Å². The second-order valence-corrected chi connectivity index (χ2v) is 6.74. The molecule has 0 saturated carbocycles. The Morgan fingerprint density at radius 2 is 1.83 bits per heavy atom. The highest BCUT2D eigenvalue weighted by Crippen LogP contribution is 2.22. The van der Waals surface area contributed by atoms with Crippen LogP contribution in [0.4, 0.5) is 4.39 Å². The summed E-state index contributed by atoms with van der Waals surface area (Å²) in [6, 6.07) is 14.3. The average molecular weight is 404 g/mol. The van der Waals surface area contributed by atoms with Gasteiger partial charge in [-0.1, -0.05) is 40.2 Å². The van der Waals surface area contributed by atoms with E-state index in [1.54, 1.807) is 29.7 Å². The number of halogens is 2. The van der Waals surface area contributed by atoms with Crippen molar-refractivity contribution in [3.8, 4) is 11.3 Å². The molecule has 0 aliphatic heterocycles. The van der Waals surface area contributed by atoms with Crippen molar-refractivity contribution in [2.75, 3.05) is 6.54 Å². The second-order valence-electron chi connectivity index (χ2n) is 4.99. The van der Waals surface area contributed by atoms with Crippen LogP contribution < -0.4 is 4.80 Å². The molecule has 6 heteroatoms. The van der Waals surface area contributed by atoms with Crippen LogP contribution in [-0.4, -0.2) is 17.4 Å². The van der Waals surface area contributed by atoms with E-state index in [-0.39, 0.29) is 5.82 Å². The van der Waals surface area contributed by atoms with Crippen LogP contribution in [0.15, 0.2) is 68.5 Å². The lowest BCUT2D eigenvalue weighted by Crippen LogP contribution is -2.12. The minimum Gasteiger partial charge on any atom is -0.258 e. The lowest BCUT2D eigenvalue weighted by molar-refractivity contribution is 0.628. The Labute approximate surface area is 152 Å². The third-order valence-corrected chi connectivity index (χ3v) is 4.69. The number of rotatable bonds is 4. The fraction of sp³-hybridized carbons (Fsp3) is 0.111. The fourth-order valence-electron chi connectivity index (χ4n) is 2.15. The molecular formula is C18H15BrFN3S. The van der Waals surface area contributed by atoms with Gasteiger partial charge in [-0.3, -0.25) is 4.99 Å². The lowest BCUT2D eigenvalue weighted by atomic mass is 10.2. The summed E-state index contributed by atoms with van der Waals surface area (Å²) in [7, 11) is 0. The Morgan fingerprint density at radius 1 is 1.12 bits per heavy atom. The molecule has 0 unspecified atom stereocenters. The van der Waals surface area contributed by atoms with Crippen LogP contribution in [-0.2, 0) is 0 Å². The van der Waals surface area contributed by atoms with Crippen LogP contribution in [0.3, 0.4) is 0 Å². The molecule has 0 spiro atoms. The van der Waals surface area contributed by atoms with Gasteiger partial charge in [0.2, 0.25) is 4.80 Å². The van der Waals surface area contributed by atoms with Crippen LogP contribution in [0.25, 0.3) is 11.3 Å². The number of benzene rings is 2. The Hall–Kier alpha value is -2.05. The number of aromatic nitrogens is 1. The molecule has 0 bridgehead atoms. The Bertz CT molecular complexity index is 909. The van der Waals surface area contributed by atoms with Gasteiger partial charge in [0.05, 0.1) is 11.9 Å². The van der Waals surface area contributed by atoms with E-state index in [1.165, 1.54) is 12.1 Å². The van der Waals surface area contributed by atoms with Crippen molar-refractivity contribution in [3.05, 3.63) is 74.6 Å². The van der Waals surface area contributed by atoms with E-state index >= 15 is 0 Å². The van der Waals surface area contributed by atoms with Crippen LogP contribution in [0.5, 0.6) is 0 Å². The van der Waals surface area contributed by atoms with E-state index in [1.807, 2.05) is 41.2 Å². The Morgan fingerprint density at radius 3 is 2.50 bits per heavy atom. The first kappa shape index (κ1) is 16.8. The van der Waals surface area contributed by atoms with Gasteiger partial charge in [-0.25, -0.2) is 9.07 Å². The zero-order valence-electron chi connectivity index (χ0n) is 13.0. The molecule has 0 atom stereocenters. The normalized spacial score (nSPS) is 12.2. The summed E-state index contributed by atoms with van der Waals surface area (Å²) in [5.41, 5.74) is 2.86. The minimum atomic E-state index is -0.257. The third-order valence-electron chi connectivity index (χ3n) is 3.31. The van der Waals surface area contributed by atoms with Gasteiger partial charge >= 0.3 is 0 Å². The first-order valence-electron chi connectivity index (χ1n) is 7.44. The summed E-state index contributed by atoms with van der Waals surface area (Å²) in [6.07, 6.45) is 1.71. The molecule has 3 rings (SSSR count). The first-order valence-corrected chi connectivity index (χ1v) is 9.11. The smallest absolute Gasteiger partial charge is 0.206 e. The van der Waals surface area contributed by atoms with Gasteiger partial charge in [0.1, 0.15) is 5.82 Å². The molecular weight excluding hydrogens is 389 g/mol. The maximum Gasteiger partial charge on any atom is 0.206 e. The molecule has 0 fully saturated rings. The van der Waals surface area contributed by atoms with Gasteiger partial charge in [-0.2, -0.15) is 5.10 Å². The molecule has 0 N–H and O–H groups in total. The second kappa shape index (κ2) is 7.68. The van der Waals surface area contributed by atoms with Crippen molar-refractivity contribution in [1.82, 2.24) is 4.68 Å². The molecule has 1 aromatic heterocycles. The highest BCUT2D eigenvalue weighted by Gasteiger charge is 2.07. The van der Waals surface area contributed by atoms with Gasteiger partial charge in [0, 0.05) is 22.0 Å². The topological polar surface area (TPSA) is 29.6 Å². The van der Waals surface area contributed by atoms with Crippen molar-refractivity contribution < 1.29 is 4.39 Å². The molecule has 0 aliphatic carbocycles. The molecule has 2 aromatic carbocycles. The third kappa shape index (κ3) is 3.88. The summed E-state index contributed by atoms with van der Waals surface area (Å²) in [4.78, 5) is 5.32. The van der Waals surface area contributed by atoms with Crippen LogP contribution in [0.2, 0.25) is 0 Å². The highest BCUT2D eigenvalue weighted by atomic mass is 79.9. The highest BCUT2D eigenvalue weighted by molar-refractivity contribution is 9.10. The van der Waals surface area contributed by atoms with E-state index in [0.29, 0.717) is 6.54 Å². The molecule has 0 radical (unpaired) electrons. The zero-order valence-corrected chi connectivity index (χ0v) is 15.4. The van der Waals surface area contributed by atoms with Crippen LogP contribution in [0.1, 0.15) is 12.5 Å². The molecule has 0 aliphatic rings. The van der Waals surface area contributed by atoms with Crippen molar-refractivity contribution in [2.24, 2.45) is 10.1 Å². The maximum absolute atomic E-state index is 13.0. The number of hydrogen-bond donors (Lipinski definition) is 0. The molecule has 0 saturated heterocycles. The predicted molar refractivity (Wildman–Crippen MR) is 101 cm³/mol. The van der Waals surface area contributed by atoms with Gasteiger partial charge in [0.15, 0.2) is 0 Å². The van der Waals surface area contributed by atoms with Gasteiger partial charge in [-0.05, 0) is 36.8 Å². The Kier molecular flexibility index (Phi) is 5.37. The summed E-state index contributed by atoms with van der Waals surface area (Å²) >= 11 is 5.00. The SMILES string of the molecule is CCN=c1scc(-c2ccc(Br)cc2)n1/N=C/c1ccc(F)cc1. The molecule has 3 aromatic rings. The van der Waals surface area contributed by atoms with E-state index in [2.05, 4.69) is 26.0 Å². The molecule has 122 valence electrons. The predicted octanol–water partition coefficient (Wildman–Crippen LogP) is 4.92. The van der Waals surface area contributed by atoms with E-state index in [0.717, 1.165) is 26.1 Å². The van der Waals surface area contributed by atoms with Crippen molar-refractivity contribution >= 4 is 33.5 Å². The van der Waals surface area contributed by atoms with Crippen LogP contribution in [0, 0.1) is 5.82 Å². The largest absolute Gasteiger partial charge is 0.258 e. The van der Waals surface area contributed by atoms with Crippen molar-refractivity contribution in [1.29, 1.82) is 0 Å². The standard InChI is InChI=1S/C18H15BrFN3S/c1-2-21-18-23(22-11-13-3-9-16(20)10-4-13)17(12-24-18)14-5-7-15(19)8-6-14/h3-12H,2H2,1H3/b21-18?,22-11+. The summed E-state index contributed by atoms with van der Waals surface area (Å²) in [5, 5.41) is 6.60. The first-order chi connectivity index (χ1) is 11.7. The summed E-state index contributed by atoms with van der Waals surface area (Å²) in [5.74, 6) is -0.257. The monoisotopic (exact) mass is 403 g/mol. The van der Waals surface area contributed by atoms with Gasteiger partial charge < -0.3 is 0 Å². The molecule has 0 amide bonds. The molecule has 1 heterocycles. The average Bonchev–Trinajstić information content (AvgIpc) is 2.98. The quantitative estimate of drug-likeness (QED) is 0.553. The molecule has 3 nitrogen and oxygen atoms in total. The summed E-state index contributed by atoms with van der Waals surface area (Å²) < 4.78 is 15.9. The van der Waals surface area contributed by atoms with E-state index in [9.17, 15) is 4.39 Å². The number of thiazole rings is 1. The van der Waals surface area contributed by atoms with Gasteiger partial charge in [-0.15, -0.1) is 11.3 Å². The fourth-order valence-corrected chi connectivity index (χ4v) is 3.31. The Balaban J connectivity index is 2.04. The minimum absolute atomic E-state index is 0.257. The van der Waals surface area contributed by atoms with Gasteiger partial charge in [0.25, 0.3) is 0 Å². The maximum atomic E-state index is 13.0. The van der Waals surface area contributed by atoms with Crippen molar-refractivity contribution in [3.63, 3.8) is 0 Å². The van der Waals surface area contributed by atoms with Crippen LogP contribution >= 0.6 is 27.3 Å². The molecule has 24 heavy (non-hydrogen) atoms. The van der Waals surface area contributed by atoms with E-state index in [4.69, 9.17) is 0 Å². The number of nitrogens with zero attached hydrogens (tertiary/aromatic N) is 3. The summed E-state index contributed by atoms with van der Waals surface area (Å²) in [6.45, 7) is 2.68. The van der Waals surface area contributed by atoms with E-state index < -0.39 is 0 Å². The lowest BCUT2D eigenvalue weighted by Gasteiger charge is -2.04.